The van der Waals surface area contributed by atoms with Crippen LogP contribution in [0.4, 0.5) is 0 Å². The number of likely N-dealkylation sites (tertiary alicyclic amines) is 1. The Morgan fingerprint density at radius 1 is 1.17 bits per heavy atom. The van der Waals surface area contributed by atoms with Gasteiger partial charge in [0.2, 0.25) is 17.7 Å². The second kappa shape index (κ2) is 6.20. The lowest BCUT2D eigenvalue weighted by Crippen LogP contribution is -2.41. The molecular weight excluding hydrogens is 296 g/mol. The van der Waals surface area contributed by atoms with Crippen molar-refractivity contribution in [1.82, 2.24) is 15.1 Å². The van der Waals surface area contributed by atoms with E-state index in [0.717, 1.165) is 5.56 Å². The molecule has 0 saturated carbocycles. The van der Waals surface area contributed by atoms with Crippen LogP contribution in [0.2, 0.25) is 0 Å². The van der Waals surface area contributed by atoms with Gasteiger partial charge in [-0.2, -0.15) is 0 Å². The molecule has 0 aliphatic carbocycles. The van der Waals surface area contributed by atoms with E-state index in [1.807, 2.05) is 0 Å². The first kappa shape index (κ1) is 15.2. The standard InChI is InChI=1S/C16H18N4O3/c1-10-18-19-15(23-10)12-2-4-13(5-3-12)16(22)20-8-6-11(7-9-20)14(17)21/h2-5,11H,6-9H2,1H3,(H2,17,21). The summed E-state index contributed by atoms with van der Waals surface area (Å²) in [6.07, 6.45) is 1.25. The Hall–Kier alpha value is -2.70. The molecule has 2 amide bonds. The molecule has 0 spiro atoms. The Kier molecular flexibility index (Phi) is 4.10. The van der Waals surface area contributed by atoms with Crippen molar-refractivity contribution in [2.75, 3.05) is 13.1 Å². The third-order valence-electron chi connectivity index (χ3n) is 4.09. The van der Waals surface area contributed by atoms with Crippen LogP contribution in [0, 0.1) is 12.8 Å². The summed E-state index contributed by atoms with van der Waals surface area (Å²) in [6, 6.07) is 7.07. The van der Waals surface area contributed by atoms with Crippen LogP contribution in [0.3, 0.4) is 0 Å². The van der Waals surface area contributed by atoms with Crippen LogP contribution >= 0.6 is 0 Å². The molecule has 2 aromatic rings. The molecule has 0 radical (unpaired) electrons. The molecule has 0 atom stereocenters. The summed E-state index contributed by atoms with van der Waals surface area (Å²) in [6.45, 7) is 2.83. The van der Waals surface area contributed by atoms with Gasteiger partial charge in [0.25, 0.3) is 5.91 Å². The lowest BCUT2D eigenvalue weighted by Gasteiger charge is -2.30. The fourth-order valence-electron chi connectivity index (χ4n) is 2.72. The third kappa shape index (κ3) is 3.23. The molecule has 1 aromatic carbocycles. The molecule has 120 valence electrons. The smallest absolute Gasteiger partial charge is 0.253 e. The monoisotopic (exact) mass is 314 g/mol. The summed E-state index contributed by atoms with van der Waals surface area (Å²) >= 11 is 0. The first-order chi connectivity index (χ1) is 11.0. The molecule has 1 saturated heterocycles. The minimum Gasteiger partial charge on any atom is -0.421 e. The molecule has 0 unspecified atom stereocenters. The molecule has 7 heteroatoms. The van der Waals surface area contributed by atoms with Gasteiger partial charge in [-0.25, -0.2) is 0 Å². The first-order valence-corrected chi connectivity index (χ1v) is 7.53. The highest BCUT2D eigenvalue weighted by Crippen LogP contribution is 2.21. The Balaban J connectivity index is 1.68. The van der Waals surface area contributed by atoms with Crippen LogP contribution in [0.5, 0.6) is 0 Å². The molecule has 3 rings (SSSR count). The van der Waals surface area contributed by atoms with Crippen LogP contribution < -0.4 is 5.73 Å². The molecule has 1 fully saturated rings. The number of hydrogen-bond donors (Lipinski definition) is 1. The Morgan fingerprint density at radius 2 is 1.83 bits per heavy atom. The molecular formula is C16H18N4O3. The zero-order valence-electron chi connectivity index (χ0n) is 12.9. The van der Waals surface area contributed by atoms with Crippen molar-refractivity contribution in [2.45, 2.75) is 19.8 Å². The largest absolute Gasteiger partial charge is 0.421 e. The van der Waals surface area contributed by atoms with Crippen LogP contribution in [-0.2, 0) is 4.79 Å². The molecule has 2 heterocycles. The highest BCUT2D eigenvalue weighted by molar-refractivity contribution is 5.94. The minimum atomic E-state index is -0.281. The predicted octanol–water partition coefficient (Wildman–Crippen LogP) is 1.38. The number of carbonyl (C=O) groups excluding carboxylic acids is 2. The van der Waals surface area contributed by atoms with Crippen molar-refractivity contribution in [3.63, 3.8) is 0 Å². The minimum absolute atomic E-state index is 0.0406. The zero-order valence-corrected chi connectivity index (χ0v) is 12.9. The van der Waals surface area contributed by atoms with Gasteiger partial charge >= 0.3 is 0 Å². The van der Waals surface area contributed by atoms with E-state index in [0.29, 0.717) is 43.3 Å². The number of nitrogens with zero attached hydrogens (tertiary/aromatic N) is 3. The summed E-state index contributed by atoms with van der Waals surface area (Å²) in [5, 5.41) is 7.74. The molecule has 23 heavy (non-hydrogen) atoms. The number of piperidine rings is 1. The van der Waals surface area contributed by atoms with Crippen molar-refractivity contribution in [1.29, 1.82) is 0 Å². The van der Waals surface area contributed by atoms with Crippen molar-refractivity contribution < 1.29 is 14.0 Å². The van der Waals surface area contributed by atoms with Crippen molar-refractivity contribution in [2.24, 2.45) is 11.7 Å². The summed E-state index contributed by atoms with van der Waals surface area (Å²) in [5.41, 5.74) is 6.68. The van der Waals surface area contributed by atoms with Gasteiger partial charge in [-0.05, 0) is 37.1 Å². The van der Waals surface area contributed by atoms with Crippen molar-refractivity contribution in [3.05, 3.63) is 35.7 Å². The van der Waals surface area contributed by atoms with E-state index in [2.05, 4.69) is 10.2 Å². The zero-order chi connectivity index (χ0) is 16.4. The maximum Gasteiger partial charge on any atom is 0.253 e. The van der Waals surface area contributed by atoms with Gasteiger partial charge in [0.15, 0.2) is 0 Å². The Morgan fingerprint density at radius 3 is 2.35 bits per heavy atom. The number of carbonyl (C=O) groups is 2. The maximum absolute atomic E-state index is 12.5. The summed E-state index contributed by atoms with van der Waals surface area (Å²) in [4.78, 5) is 25.4. The van der Waals surface area contributed by atoms with Crippen molar-refractivity contribution in [3.8, 4) is 11.5 Å². The van der Waals surface area contributed by atoms with Crippen molar-refractivity contribution >= 4 is 11.8 Å². The average Bonchev–Trinajstić information content (AvgIpc) is 3.01. The van der Waals surface area contributed by atoms with Gasteiger partial charge in [0, 0.05) is 37.1 Å². The van der Waals surface area contributed by atoms with E-state index in [4.69, 9.17) is 10.2 Å². The summed E-state index contributed by atoms with van der Waals surface area (Å²) in [7, 11) is 0. The van der Waals surface area contributed by atoms with E-state index in [9.17, 15) is 9.59 Å². The van der Waals surface area contributed by atoms with Gasteiger partial charge in [0.1, 0.15) is 0 Å². The molecule has 1 aromatic heterocycles. The fourth-order valence-corrected chi connectivity index (χ4v) is 2.72. The van der Waals surface area contributed by atoms with E-state index in [-0.39, 0.29) is 17.7 Å². The number of rotatable bonds is 3. The SMILES string of the molecule is Cc1nnc(-c2ccc(C(=O)N3CCC(C(N)=O)CC3)cc2)o1. The second-order valence-corrected chi connectivity index (χ2v) is 5.67. The number of nitrogens with two attached hydrogens (primary N) is 1. The topological polar surface area (TPSA) is 102 Å². The van der Waals surface area contributed by atoms with E-state index >= 15 is 0 Å². The first-order valence-electron chi connectivity index (χ1n) is 7.53. The van der Waals surface area contributed by atoms with Gasteiger partial charge in [-0.3, -0.25) is 9.59 Å². The summed E-state index contributed by atoms with van der Waals surface area (Å²) < 4.78 is 5.36. The van der Waals surface area contributed by atoms with Crippen LogP contribution in [0.1, 0.15) is 29.1 Å². The lowest BCUT2D eigenvalue weighted by atomic mass is 9.96. The van der Waals surface area contributed by atoms with Crippen LogP contribution in [-0.4, -0.2) is 40.0 Å². The number of aromatic nitrogens is 2. The number of amides is 2. The van der Waals surface area contributed by atoms with Gasteiger partial charge in [-0.15, -0.1) is 10.2 Å². The Bertz CT molecular complexity index is 715. The van der Waals surface area contributed by atoms with Gasteiger partial charge in [-0.1, -0.05) is 0 Å². The average molecular weight is 314 g/mol. The number of primary amides is 1. The van der Waals surface area contributed by atoms with Crippen LogP contribution in [0.25, 0.3) is 11.5 Å². The highest BCUT2D eigenvalue weighted by atomic mass is 16.4. The number of aryl methyl sites for hydroxylation is 1. The maximum atomic E-state index is 12.5. The van der Waals surface area contributed by atoms with Crippen LogP contribution in [0.15, 0.2) is 28.7 Å². The normalized spacial score (nSPS) is 15.6. The molecule has 2 N–H and O–H groups in total. The van der Waals surface area contributed by atoms with Gasteiger partial charge < -0.3 is 15.1 Å². The van der Waals surface area contributed by atoms with E-state index in [1.165, 1.54) is 0 Å². The van der Waals surface area contributed by atoms with E-state index < -0.39 is 0 Å². The molecule has 1 aliphatic heterocycles. The predicted molar refractivity (Wildman–Crippen MR) is 82.3 cm³/mol. The van der Waals surface area contributed by atoms with Gasteiger partial charge in [0.05, 0.1) is 0 Å². The number of benzene rings is 1. The van der Waals surface area contributed by atoms with E-state index in [1.54, 1.807) is 36.1 Å². The highest BCUT2D eigenvalue weighted by Gasteiger charge is 2.26. The Labute approximate surface area is 133 Å². The molecule has 0 bridgehead atoms. The second-order valence-electron chi connectivity index (χ2n) is 5.67. The summed E-state index contributed by atoms with van der Waals surface area (Å²) in [5.74, 6) is 0.487. The number of hydrogen-bond acceptors (Lipinski definition) is 5. The molecule has 7 nitrogen and oxygen atoms in total. The quantitative estimate of drug-likeness (QED) is 0.922. The fraction of sp³-hybridized carbons (Fsp3) is 0.375. The third-order valence-corrected chi connectivity index (χ3v) is 4.09. The molecule has 1 aliphatic rings. The lowest BCUT2D eigenvalue weighted by molar-refractivity contribution is -0.123.